The average Bonchev–Trinajstić information content (AvgIpc) is 2.32. The molecule has 2 aliphatic rings. The first-order valence-electron chi connectivity index (χ1n) is 6.39. The Kier molecular flexibility index (Phi) is 4.95. The van der Waals surface area contributed by atoms with E-state index in [0.29, 0.717) is 5.92 Å². The van der Waals surface area contributed by atoms with Crippen LogP contribution < -0.4 is 0 Å². The Morgan fingerprint density at radius 1 is 1.50 bits per heavy atom. The van der Waals surface area contributed by atoms with E-state index in [9.17, 15) is 5.11 Å². The topological polar surface area (TPSA) is 32.7 Å². The van der Waals surface area contributed by atoms with Gasteiger partial charge in [0, 0.05) is 43.2 Å². The van der Waals surface area contributed by atoms with Crippen LogP contribution in [0, 0.1) is 5.92 Å². The van der Waals surface area contributed by atoms with E-state index in [2.05, 4.69) is 23.6 Å². The monoisotopic (exact) mass is 245 g/mol. The van der Waals surface area contributed by atoms with Gasteiger partial charge >= 0.3 is 0 Å². The predicted octanol–water partition coefficient (Wildman–Crippen LogP) is 1.21. The third kappa shape index (κ3) is 3.36. The van der Waals surface area contributed by atoms with Crippen LogP contribution in [-0.2, 0) is 4.74 Å². The molecule has 94 valence electrons. The molecule has 2 fully saturated rings. The lowest BCUT2D eigenvalue weighted by Crippen LogP contribution is -2.45. The first kappa shape index (κ1) is 12.7. The van der Waals surface area contributed by atoms with E-state index < -0.39 is 0 Å². The summed E-state index contributed by atoms with van der Waals surface area (Å²) in [5, 5.41) is 10.7. The molecular formula is C12H23NO2S. The lowest BCUT2D eigenvalue weighted by molar-refractivity contribution is -0.0463. The maximum absolute atomic E-state index is 9.91. The minimum absolute atomic E-state index is 0.150. The van der Waals surface area contributed by atoms with Gasteiger partial charge in [0.05, 0.1) is 12.7 Å². The van der Waals surface area contributed by atoms with Crippen LogP contribution in [0.25, 0.3) is 0 Å². The number of aliphatic hydroxyl groups is 1. The molecule has 0 bridgehead atoms. The summed E-state index contributed by atoms with van der Waals surface area (Å²) < 4.78 is 5.46. The maximum Gasteiger partial charge on any atom is 0.0624 e. The first-order valence-corrected chi connectivity index (χ1v) is 7.44. The van der Waals surface area contributed by atoms with Gasteiger partial charge in [-0.05, 0) is 12.8 Å². The molecule has 0 spiro atoms. The number of aliphatic hydroxyl groups excluding tert-OH is 1. The summed E-state index contributed by atoms with van der Waals surface area (Å²) in [7, 11) is 0. The fourth-order valence-corrected chi connectivity index (χ4v) is 3.73. The van der Waals surface area contributed by atoms with Gasteiger partial charge in [-0.2, -0.15) is 11.8 Å². The zero-order chi connectivity index (χ0) is 11.4. The summed E-state index contributed by atoms with van der Waals surface area (Å²) in [6.07, 6.45) is 1.92. The molecule has 4 heteroatoms. The first-order chi connectivity index (χ1) is 7.79. The molecule has 0 amide bonds. The highest BCUT2D eigenvalue weighted by Gasteiger charge is 2.28. The quantitative estimate of drug-likeness (QED) is 0.810. The molecule has 0 aromatic heterocycles. The van der Waals surface area contributed by atoms with Crippen molar-refractivity contribution in [3.63, 3.8) is 0 Å². The van der Waals surface area contributed by atoms with Gasteiger partial charge in [-0.3, -0.25) is 0 Å². The zero-order valence-electron chi connectivity index (χ0n) is 10.1. The summed E-state index contributed by atoms with van der Waals surface area (Å²) in [4.78, 5) is 2.51. The zero-order valence-corrected chi connectivity index (χ0v) is 10.9. The standard InChI is InChI=1S/C12H23NO2S/c1-2-11-8-13(4-6-16-11)7-10-9-15-5-3-12(10)14/h10-12,14H,2-9H2,1H3. The fourth-order valence-electron chi connectivity index (χ4n) is 2.48. The Balaban J connectivity index is 1.79. The van der Waals surface area contributed by atoms with Crippen LogP contribution in [0.15, 0.2) is 0 Å². The highest BCUT2D eigenvalue weighted by molar-refractivity contribution is 8.00. The van der Waals surface area contributed by atoms with Gasteiger partial charge in [0.2, 0.25) is 0 Å². The van der Waals surface area contributed by atoms with Gasteiger partial charge < -0.3 is 14.7 Å². The molecule has 3 unspecified atom stereocenters. The van der Waals surface area contributed by atoms with Crippen LogP contribution in [-0.4, -0.2) is 60.0 Å². The second-order valence-corrected chi connectivity index (χ2v) is 6.26. The Hall–Kier alpha value is 0.230. The third-order valence-electron chi connectivity index (χ3n) is 3.60. The molecule has 0 aromatic rings. The van der Waals surface area contributed by atoms with Gasteiger partial charge in [-0.25, -0.2) is 0 Å². The van der Waals surface area contributed by atoms with Crippen LogP contribution in [0.5, 0.6) is 0 Å². The van der Waals surface area contributed by atoms with E-state index in [1.165, 1.54) is 25.3 Å². The van der Waals surface area contributed by atoms with Crippen molar-refractivity contribution in [1.82, 2.24) is 4.90 Å². The highest BCUT2D eigenvalue weighted by Crippen LogP contribution is 2.23. The van der Waals surface area contributed by atoms with Crippen molar-refractivity contribution in [1.29, 1.82) is 0 Å². The van der Waals surface area contributed by atoms with Crippen molar-refractivity contribution in [3.05, 3.63) is 0 Å². The number of hydrogen-bond acceptors (Lipinski definition) is 4. The van der Waals surface area contributed by atoms with Crippen LogP contribution in [0.4, 0.5) is 0 Å². The predicted molar refractivity (Wildman–Crippen MR) is 67.9 cm³/mol. The molecule has 0 saturated carbocycles. The normalized spacial score (nSPS) is 37.5. The fraction of sp³-hybridized carbons (Fsp3) is 1.00. The molecule has 2 saturated heterocycles. The minimum Gasteiger partial charge on any atom is -0.393 e. The van der Waals surface area contributed by atoms with E-state index in [-0.39, 0.29) is 6.10 Å². The van der Waals surface area contributed by atoms with Crippen LogP contribution in [0.2, 0.25) is 0 Å². The lowest BCUT2D eigenvalue weighted by atomic mass is 9.98. The third-order valence-corrected chi connectivity index (χ3v) is 4.98. The summed E-state index contributed by atoms with van der Waals surface area (Å²) >= 11 is 2.09. The van der Waals surface area contributed by atoms with Crippen molar-refractivity contribution in [2.24, 2.45) is 5.92 Å². The van der Waals surface area contributed by atoms with Crippen molar-refractivity contribution >= 4 is 11.8 Å². The Labute approximate surface area is 103 Å². The van der Waals surface area contributed by atoms with E-state index in [1.54, 1.807) is 0 Å². The number of rotatable bonds is 3. The smallest absolute Gasteiger partial charge is 0.0624 e. The molecule has 2 aliphatic heterocycles. The molecule has 1 N–H and O–H groups in total. The van der Waals surface area contributed by atoms with E-state index >= 15 is 0 Å². The van der Waals surface area contributed by atoms with Gasteiger partial charge in [0.1, 0.15) is 0 Å². The molecular weight excluding hydrogens is 222 g/mol. The second kappa shape index (κ2) is 6.24. The molecule has 2 heterocycles. The van der Waals surface area contributed by atoms with E-state index in [0.717, 1.165) is 31.4 Å². The van der Waals surface area contributed by atoms with Crippen molar-refractivity contribution in [2.45, 2.75) is 31.1 Å². The molecule has 2 rings (SSSR count). The Morgan fingerprint density at radius 2 is 2.38 bits per heavy atom. The van der Waals surface area contributed by atoms with Gasteiger partial charge in [0.15, 0.2) is 0 Å². The SMILES string of the molecule is CCC1CN(CC2COCCC2O)CCS1. The number of ether oxygens (including phenoxy) is 1. The van der Waals surface area contributed by atoms with Crippen molar-refractivity contribution in [2.75, 3.05) is 38.6 Å². The second-order valence-electron chi connectivity index (χ2n) is 4.85. The summed E-state index contributed by atoms with van der Waals surface area (Å²) in [6, 6.07) is 0. The molecule has 0 aromatic carbocycles. The van der Waals surface area contributed by atoms with Crippen LogP contribution in [0.1, 0.15) is 19.8 Å². The maximum atomic E-state index is 9.91. The van der Waals surface area contributed by atoms with Crippen molar-refractivity contribution in [3.8, 4) is 0 Å². The summed E-state index contributed by atoms with van der Waals surface area (Å²) in [6.45, 7) is 7.10. The molecule has 0 radical (unpaired) electrons. The van der Waals surface area contributed by atoms with Crippen molar-refractivity contribution < 1.29 is 9.84 Å². The van der Waals surface area contributed by atoms with E-state index in [1.807, 2.05) is 0 Å². The Morgan fingerprint density at radius 3 is 3.12 bits per heavy atom. The van der Waals surface area contributed by atoms with Gasteiger partial charge in [0.25, 0.3) is 0 Å². The number of nitrogens with zero attached hydrogens (tertiary/aromatic N) is 1. The summed E-state index contributed by atoms with van der Waals surface area (Å²) in [5.74, 6) is 1.57. The molecule has 3 atom stereocenters. The average molecular weight is 245 g/mol. The summed E-state index contributed by atoms with van der Waals surface area (Å²) in [5.41, 5.74) is 0. The van der Waals surface area contributed by atoms with Crippen LogP contribution in [0.3, 0.4) is 0 Å². The molecule has 0 aliphatic carbocycles. The molecule has 3 nitrogen and oxygen atoms in total. The van der Waals surface area contributed by atoms with Gasteiger partial charge in [-0.15, -0.1) is 0 Å². The minimum atomic E-state index is -0.150. The lowest BCUT2D eigenvalue weighted by Gasteiger charge is -2.37. The number of hydrogen-bond donors (Lipinski definition) is 1. The molecule has 16 heavy (non-hydrogen) atoms. The van der Waals surface area contributed by atoms with Crippen LogP contribution >= 0.6 is 11.8 Å². The Bertz CT molecular complexity index is 215. The van der Waals surface area contributed by atoms with Gasteiger partial charge in [-0.1, -0.05) is 6.92 Å². The largest absolute Gasteiger partial charge is 0.393 e. The number of thioether (sulfide) groups is 1. The highest BCUT2D eigenvalue weighted by atomic mass is 32.2. The van der Waals surface area contributed by atoms with E-state index in [4.69, 9.17) is 4.74 Å².